The van der Waals surface area contributed by atoms with E-state index in [9.17, 15) is 0 Å². The molecule has 0 atom stereocenters. The summed E-state index contributed by atoms with van der Waals surface area (Å²) in [5, 5.41) is 5.62. The van der Waals surface area contributed by atoms with Crippen LogP contribution in [0.5, 0.6) is 0 Å². The first kappa shape index (κ1) is 9.79. The van der Waals surface area contributed by atoms with Crippen molar-refractivity contribution in [2.24, 2.45) is 5.73 Å². The Morgan fingerprint density at radius 2 is 2.38 bits per heavy atom. The minimum atomic E-state index is 0.319. The highest BCUT2D eigenvalue weighted by molar-refractivity contribution is 8.12. The van der Waals surface area contributed by atoms with Crippen LogP contribution in [0.3, 0.4) is 0 Å². The Balaban J connectivity index is 2.72. The Bertz CT molecular complexity index is 325. The molecule has 0 bridgehead atoms. The lowest BCUT2D eigenvalue weighted by molar-refractivity contribution is -0.110. The molecule has 5 nitrogen and oxygen atoms in total. The molecular weight excluding hydrogens is 186 g/mol. The van der Waals surface area contributed by atoms with Crippen LogP contribution in [0.25, 0.3) is 0 Å². The summed E-state index contributed by atoms with van der Waals surface area (Å²) in [7, 11) is 0. The number of nitrogens with two attached hydrogens (primary N) is 3. The van der Waals surface area contributed by atoms with Crippen LogP contribution in [0.2, 0.25) is 0 Å². The molecule has 1 aromatic rings. The van der Waals surface area contributed by atoms with Gasteiger partial charge in [-0.3, -0.25) is 11.1 Å². The normalized spacial score (nSPS) is 9.92. The first-order valence-electron chi connectivity index (χ1n) is 3.68. The van der Waals surface area contributed by atoms with Crippen molar-refractivity contribution < 1.29 is 5.41 Å². The van der Waals surface area contributed by atoms with Gasteiger partial charge in [0.15, 0.2) is 0 Å². The summed E-state index contributed by atoms with van der Waals surface area (Å²) in [6.45, 7) is 1.79. The van der Waals surface area contributed by atoms with E-state index in [0.717, 1.165) is 5.56 Å². The minimum absolute atomic E-state index is 0.319. The van der Waals surface area contributed by atoms with Gasteiger partial charge in [0.2, 0.25) is 0 Å². The number of anilines is 1. The number of aromatic nitrogens is 2. The van der Waals surface area contributed by atoms with E-state index >= 15 is 0 Å². The predicted octanol–water partition coefficient (Wildman–Crippen LogP) is -1.33. The molecule has 0 aromatic carbocycles. The summed E-state index contributed by atoms with van der Waals surface area (Å²) in [4.78, 5) is 8.04. The molecule has 1 rings (SSSR count). The van der Waals surface area contributed by atoms with Crippen molar-refractivity contribution in [2.75, 3.05) is 5.73 Å². The lowest BCUT2D eigenvalue weighted by Crippen LogP contribution is -2.43. The molecule has 0 aliphatic rings. The van der Waals surface area contributed by atoms with Crippen molar-refractivity contribution in [1.82, 2.24) is 9.97 Å². The Labute approximate surface area is 80.5 Å². The predicted molar refractivity (Wildman–Crippen MR) is 53.6 cm³/mol. The van der Waals surface area contributed by atoms with Crippen molar-refractivity contribution in [3.63, 3.8) is 0 Å². The van der Waals surface area contributed by atoms with E-state index in [-0.39, 0.29) is 0 Å². The molecule has 0 radical (unpaired) electrons. The maximum absolute atomic E-state index is 5.65. The summed E-state index contributed by atoms with van der Waals surface area (Å²) in [5.41, 5.74) is 11.8. The molecule has 0 unspecified atom stereocenters. The fourth-order valence-electron chi connectivity index (χ4n) is 0.785. The van der Waals surface area contributed by atoms with Gasteiger partial charge >= 0.3 is 0 Å². The fraction of sp³-hybridized carbons (Fsp3) is 0.286. The van der Waals surface area contributed by atoms with Gasteiger partial charge < -0.3 is 5.73 Å². The third kappa shape index (κ3) is 2.90. The van der Waals surface area contributed by atoms with E-state index in [1.807, 2.05) is 0 Å². The van der Waals surface area contributed by atoms with Gasteiger partial charge in [-0.05, 0) is 18.7 Å². The molecule has 0 spiro atoms. The van der Waals surface area contributed by atoms with Crippen molar-refractivity contribution in [2.45, 2.75) is 12.7 Å². The molecule has 0 aliphatic heterocycles. The lowest BCUT2D eigenvalue weighted by Gasteiger charge is -2.01. The average molecular weight is 198 g/mol. The smallest absolute Gasteiger partial charge is 0.300 e. The first-order chi connectivity index (χ1) is 6.09. The van der Waals surface area contributed by atoms with E-state index in [4.69, 9.17) is 16.9 Å². The number of hydrogen-bond donors (Lipinski definition) is 3. The monoisotopic (exact) mass is 198 g/mol. The molecule has 70 valence electrons. The standard InChI is InChI=1S/C7H11N5S/c1-4-11-2-5(6(8)12-4)3-13-7(9)10/h2H,3H2,1H3,(H3,9,10)(H2,8,11,12)/p+1. The number of aryl methyl sites for hydroxylation is 1. The first-order valence-corrected chi connectivity index (χ1v) is 4.67. The van der Waals surface area contributed by atoms with Gasteiger partial charge in [0.25, 0.3) is 5.17 Å². The van der Waals surface area contributed by atoms with Gasteiger partial charge in [-0.15, -0.1) is 0 Å². The topological polar surface area (TPSA) is 103 Å². The Kier molecular flexibility index (Phi) is 3.07. The largest absolute Gasteiger partial charge is 0.383 e. The van der Waals surface area contributed by atoms with Crippen molar-refractivity contribution >= 4 is 22.7 Å². The maximum atomic E-state index is 5.65. The summed E-state index contributed by atoms with van der Waals surface area (Å²) in [5.74, 6) is 1.76. The van der Waals surface area contributed by atoms with E-state index in [2.05, 4.69) is 9.97 Å². The number of hydrogen-bond acceptors (Lipinski definition) is 4. The highest BCUT2D eigenvalue weighted by atomic mass is 32.2. The second kappa shape index (κ2) is 4.08. The third-order valence-corrected chi connectivity index (χ3v) is 2.20. The van der Waals surface area contributed by atoms with Crippen molar-refractivity contribution in [1.29, 1.82) is 0 Å². The minimum Gasteiger partial charge on any atom is -0.383 e. The third-order valence-electron chi connectivity index (χ3n) is 1.41. The number of rotatable bonds is 2. The zero-order valence-corrected chi connectivity index (χ0v) is 8.14. The maximum Gasteiger partial charge on any atom is 0.300 e. The van der Waals surface area contributed by atoms with Gasteiger partial charge in [-0.25, -0.2) is 9.97 Å². The summed E-state index contributed by atoms with van der Waals surface area (Å²) < 4.78 is 0. The van der Waals surface area contributed by atoms with Gasteiger partial charge in [-0.1, -0.05) is 0 Å². The quantitative estimate of drug-likeness (QED) is 0.404. The van der Waals surface area contributed by atoms with Gasteiger partial charge in [-0.2, -0.15) is 0 Å². The lowest BCUT2D eigenvalue weighted by atomic mass is 10.3. The highest BCUT2D eigenvalue weighted by Crippen LogP contribution is 2.14. The Morgan fingerprint density at radius 3 is 2.92 bits per heavy atom. The van der Waals surface area contributed by atoms with Crippen LogP contribution in [-0.4, -0.2) is 15.1 Å². The SMILES string of the molecule is Cc1ncc(CSC(N)=[NH2+])c(N)n1. The van der Waals surface area contributed by atoms with E-state index in [1.165, 1.54) is 11.8 Å². The van der Waals surface area contributed by atoms with Gasteiger partial charge in [0, 0.05) is 17.5 Å². The van der Waals surface area contributed by atoms with Crippen LogP contribution in [-0.2, 0) is 5.75 Å². The van der Waals surface area contributed by atoms with Crippen LogP contribution < -0.4 is 16.9 Å². The number of thioether (sulfide) groups is 1. The van der Waals surface area contributed by atoms with Crippen LogP contribution in [0.15, 0.2) is 6.20 Å². The highest BCUT2D eigenvalue weighted by Gasteiger charge is 2.04. The molecular formula is C7H12N5S+. The van der Waals surface area contributed by atoms with Crippen LogP contribution >= 0.6 is 11.8 Å². The molecule has 0 aliphatic carbocycles. The van der Waals surface area contributed by atoms with Gasteiger partial charge in [0.1, 0.15) is 11.6 Å². The number of nitrogens with zero attached hydrogens (tertiary/aromatic N) is 2. The van der Waals surface area contributed by atoms with Crippen LogP contribution in [0.1, 0.15) is 11.4 Å². The van der Waals surface area contributed by atoms with Crippen LogP contribution in [0, 0.1) is 6.92 Å². The summed E-state index contributed by atoms with van der Waals surface area (Å²) in [6, 6.07) is 0. The zero-order chi connectivity index (χ0) is 9.84. The van der Waals surface area contributed by atoms with E-state index in [1.54, 1.807) is 13.1 Å². The molecule has 1 heterocycles. The number of nitrogen functional groups attached to an aromatic ring is 1. The zero-order valence-electron chi connectivity index (χ0n) is 7.32. The molecule has 0 fully saturated rings. The molecule has 13 heavy (non-hydrogen) atoms. The van der Waals surface area contributed by atoms with Gasteiger partial charge in [0.05, 0.1) is 0 Å². The summed E-state index contributed by atoms with van der Waals surface area (Å²) >= 11 is 1.32. The summed E-state index contributed by atoms with van der Waals surface area (Å²) in [6.07, 6.45) is 1.69. The number of amidine groups is 1. The second-order valence-electron chi connectivity index (χ2n) is 2.52. The second-order valence-corrected chi connectivity index (χ2v) is 3.57. The van der Waals surface area contributed by atoms with E-state index < -0.39 is 0 Å². The average Bonchev–Trinajstić information content (AvgIpc) is 2.02. The molecule has 0 amide bonds. The molecule has 0 saturated heterocycles. The van der Waals surface area contributed by atoms with Crippen LogP contribution in [0.4, 0.5) is 5.82 Å². The molecule has 0 saturated carbocycles. The molecule has 6 heteroatoms. The van der Waals surface area contributed by atoms with E-state index in [0.29, 0.717) is 22.6 Å². The Hall–Kier alpha value is -1.30. The Morgan fingerprint density at radius 1 is 1.69 bits per heavy atom. The fourth-order valence-corrected chi connectivity index (χ4v) is 1.33. The molecule has 6 N–H and O–H groups in total. The van der Waals surface area contributed by atoms with Crippen molar-refractivity contribution in [3.05, 3.63) is 17.6 Å². The van der Waals surface area contributed by atoms with Crippen molar-refractivity contribution in [3.8, 4) is 0 Å². The molecule has 1 aromatic heterocycles.